The minimum atomic E-state index is -1.38. The first-order chi connectivity index (χ1) is 13.2. The van der Waals surface area contributed by atoms with Gasteiger partial charge < -0.3 is 10.6 Å². The maximum Gasteiger partial charge on any atom is 0.325 e. The van der Waals surface area contributed by atoms with Crippen LogP contribution in [0.4, 0.5) is 4.79 Å². The predicted molar refractivity (Wildman–Crippen MR) is 107 cm³/mol. The fraction of sp³-hybridized carbons (Fsp3) is 0.211. The summed E-state index contributed by atoms with van der Waals surface area (Å²) in [4.78, 5) is 38.3. The Morgan fingerprint density at radius 1 is 1.07 bits per heavy atom. The summed E-state index contributed by atoms with van der Waals surface area (Å²) < 4.78 is 0. The third-order valence-electron chi connectivity index (χ3n) is 4.45. The molecule has 4 amide bonds. The van der Waals surface area contributed by atoms with E-state index in [1.807, 2.05) is 0 Å². The maximum absolute atomic E-state index is 12.9. The van der Waals surface area contributed by atoms with Gasteiger partial charge in [-0.25, -0.2) is 4.79 Å². The van der Waals surface area contributed by atoms with E-state index >= 15 is 0 Å². The van der Waals surface area contributed by atoms with Gasteiger partial charge in [-0.15, -0.1) is 0 Å². The summed E-state index contributed by atoms with van der Waals surface area (Å²) in [7, 11) is 0. The van der Waals surface area contributed by atoms with Gasteiger partial charge in [-0.1, -0.05) is 53.0 Å². The number of amides is 4. The highest BCUT2D eigenvalue weighted by Crippen LogP contribution is 2.34. The van der Waals surface area contributed by atoms with E-state index in [1.165, 1.54) is 13.0 Å². The number of carbonyl (C=O) groups is 3. The van der Waals surface area contributed by atoms with Gasteiger partial charge in [-0.2, -0.15) is 0 Å². The summed E-state index contributed by atoms with van der Waals surface area (Å²) in [5.41, 5.74) is -0.136. The summed E-state index contributed by atoms with van der Waals surface area (Å²) in [5.74, 6) is -1.03. The molecule has 0 bridgehead atoms. The highest BCUT2D eigenvalue weighted by molar-refractivity contribution is 6.35. The zero-order valence-electron chi connectivity index (χ0n) is 14.8. The Morgan fingerprint density at radius 2 is 1.71 bits per heavy atom. The predicted octanol–water partition coefficient (Wildman–Crippen LogP) is 3.73. The fourth-order valence-electron chi connectivity index (χ4n) is 2.92. The lowest BCUT2D eigenvalue weighted by atomic mass is 9.92. The topological polar surface area (TPSA) is 78.5 Å². The van der Waals surface area contributed by atoms with Crippen molar-refractivity contribution >= 4 is 52.6 Å². The van der Waals surface area contributed by atoms with E-state index in [1.54, 1.807) is 36.4 Å². The Balaban J connectivity index is 1.69. The maximum atomic E-state index is 12.9. The minimum Gasteiger partial charge on any atom is -0.350 e. The quantitative estimate of drug-likeness (QED) is 0.695. The summed E-state index contributed by atoms with van der Waals surface area (Å²) in [6, 6.07) is 10.9. The first-order valence-electron chi connectivity index (χ1n) is 8.31. The zero-order chi connectivity index (χ0) is 20.5. The number of hydrogen-bond acceptors (Lipinski definition) is 3. The Hall–Kier alpha value is -2.28. The number of hydrogen-bond donors (Lipinski definition) is 2. The molecule has 0 spiro atoms. The van der Waals surface area contributed by atoms with Crippen LogP contribution in [0.25, 0.3) is 0 Å². The molecule has 0 aromatic heterocycles. The van der Waals surface area contributed by atoms with Crippen LogP contribution in [0, 0.1) is 0 Å². The molecule has 1 heterocycles. The van der Waals surface area contributed by atoms with Crippen LogP contribution in [0.15, 0.2) is 42.5 Å². The standard InChI is InChI=1S/C19H16Cl3N3O3/c1-19(14-7-6-13(21)8-15(14)22)17(27)25(18(28)24-19)10-16(26)23-9-11-2-4-12(20)5-3-11/h2-8H,9-10H2,1H3,(H,23,26)(H,24,28). The Morgan fingerprint density at radius 3 is 2.36 bits per heavy atom. The average Bonchev–Trinajstić information content (AvgIpc) is 2.85. The second-order valence-electron chi connectivity index (χ2n) is 6.47. The number of nitrogens with zero attached hydrogens (tertiary/aromatic N) is 1. The van der Waals surface area contributed by atoms with Crippen LogP contribution >= 0.6 is 34.8 Å². The van der Waals surface area contributed by atoms with Gasteiger partial charge in [0.05, 0.1) is 0 Å². The Labute approximate surface area is 176 Å². The molecule has 6 nitrogen and oxygen atoms in total. The molecule has 9 heteroatoms. The number of imide groups is 1. The molecule has 2 aromatic carbocycles. The molecule has 0 radical (unpaired) electrons. The van der Waals surface area contributed by atoms with Gasteiger partial charge in [-0.3, -0.25) is 14.5 Å². The van der Waals surface area contributed by atoms with Gasteiger partial charge in [0.15, 0.2) is 0 Å². The molecule has 1 fully saturated rings. The van der Waals surface area contributed by atoms with Gasteiger partial charge in [0, 0.05) is 27.2 Å². The third-order valence-corrected chi connectivity index (χ3v) is 5.25. The van der Waals surface area contributed by atoms with Crippen molar-refractivity contribution in [2.75, 3.05) is 6.54 Å². The second-order valence-corrected chi connectivity index (χ2v) is 7.75. The molecule has 1 unspecified atom stereocenters. The number of nitrogens with one attached hydrogen (secondary N) is 2. The third kappa shape index (κ3) is 4.09. The van der Waals surface area contributed by atoms with Crippen molar-refractivity contribution in [1.29, 1.82) is 0 Å². The fourth-order valence-corrected chi connectivity index (χ4v) is 3.64. The molecule has 1 saturated heterocycles. The van der Waals surface area contributed by atoms with Crippen LogP contribution in [0.3, 0.4) is 0 Å². The second kappa shape index (κ2) is 7.99. The smallest absolute Gasteiger partial charge is 0.325 e. The van der Waals surface area contributed by atoms with E-state index in [9.17, 15) is 14.4 Å². The Kier molecular flexibility index (Phi) is 5.84. The summed E-state index contributed by atoms with van der Waals surface area (Å²) in [6.45, 7) is 1.38. The van der Waals surface area contributed by atoms with Crippen LogP contribution in [0.5, 0.6) is 0 Å². The van der Waals surface area contributed by atoms with Gasteiger partial charge in [0.2, 0.25) is 5.91 Å². The molecule has 1 atom stereocenters. The van der Waals surface area contributed by atoms with E-state index in [0.717, 1.165) is 10.5 Å². The van der Waals surface area contributed by atoms with Crippen molar-refractivity contribution in [3.05, 3.63) is 68.7 Å². The first kappa shape index (κ1) is 20.5. The largest absolute Gasteiger partial charge is 0.350 e. The van der Waals surface area contributed by atoms with Crippen molar-refractivity contribution < 1.29 is 14.4 Å². The van der Waals surface area contributed by atoms with E-state index < -0.39 is 29.9 Å². The lowest BCUT2D eigenvalue weighted by Crippen LogP contribution is -2.43. The molecule has 146 valence electrons. The Bertz CT molecular complexity index is 949. The molecule has 2 aromatic rings. The van der Waals surface area contributed by atoms with Crippen LogP contribution in [0.1, 0.15) is 18.1 Å². The number of rotatable bonds is 5. The van der Waals surface area contributed by atoms with Crippen molar-refractivity contribution in [3.63, 3.8) is 0 Å². The highest BCUT2D eigenvalue weighted by Gasteiger charge is 2.50. The van der Waals surface area contributed by atoms with Gasteiger partial charge >= 0.3 is 6.03 Å². The molecule has 28 heavy (non-hydrogen) atoms. The van der Waals surface area contributed by atoms with E-state index in [0.29, 0.717) is 15.6 Å². The number of carbonyl (C=O) groups excluding carboxylic acids is 3. The number of halogens is 3. The van der Waals surface area contributed by atoms with Crippen LogP contribution in [-0.2, 0) is 21.7 Å². The SMILES string of the molecule is CC1(c2ccc(Cl)cc2Cl)NC(=O)N(CC(=O)NCc2ccc(Cl)cc2)C1=O. The molecule has 3 rings (SSSR count). The first-order valence-corrected chi connectivity index (χ1v) is 9.45. The molecule has 0 aliphatic carbocycles. The molecule has 1 aliphatic heterocycles. The number of benzene rings is 2. The number of urea groups is 1. The lowest BCUT2D eigenvalue weighted by molar-refractivity contribution is -0.134. The van der Waals surface area contributed by atoms with Crippen molar-refractivity contribution in [2.24, 2.45) is 0 Å². The van der Waals surface area contributed by atoms with Crippen molar-refractivity contribution in [3.8, 4) is 0 Å². The van der Waals surface area contributed by atoms with E-state index in [4.69, 9.17) is 34.8 Å². The zero-order valence-corrected chi connectivity index (χ0v) is 17.0. The normalized spacial score (nSPS) is 18.9. The molecule has 0 saturated carbocycles. The van der Waals surface area contributed by atoms with Gasteiger partial charge in [0.1, 0.15) is 12.1 Å². The van der Waals surface area contributed by atoms with Crippen LogP contribution in [0.2, 0.25) is 15.1 Å². The van der Waals surface area contributed by atoms with E-state index in [-0.39, 0.29) is 11.6 Å². The monoisotopic (exact) mass is 439 g/mol. The van der Waals surface area contributed by atoms with Crippen molar-refractivity contribution in [1.82, 2.24) is 15.5 Å². The summed E-state index contributed by atoms with van der Waals surface area (Å²) in [5, 5.41) is 6.53. The molecular formula is C19H16Cl3N3O3. The van der Waals surface area contributed by atoms with Gasteiger partial charge in [-0.05, 0) is 36.8 Å². The average molecular weight is 441 g/mol. The summed E-state index contributed by atoms with van der Waals surface area (Å²) in [6.07, 6.45) is 0. The lowest BCUT2D eigenvalue weighted by Gasteiger charge is -2.23. The van der Waals surface area contributed by atoms with Crippen LogP contribution in [-0.4, -0.2) is 29.3 Å². The van der Waals surface area contributed by atoms with E-state index in [2.05, 4.69) is 10.6 Å². The molecule has 2 N–H and O–H groups in total. The van der Waals surface area contributed by atoms with Crippen molar-refractivity contribution in [2.45, 2.75) is 19.0 Å². The van der Waals surface area contributed by atoms with Crippen LogP contribution < -0.4 is 10.6 Å². The van der Waals surface area contributed by atoms with Gasteiger partial charge in [0.25, 0.3) is 5.91 Å². The minimum absolute atomic E-state index is 0.248. The molecule has 1 aliphatic rings. The molecular weight excluding hydrogens is 425 g/mol. The summed E-state index contributed by atoms with van der Waals surface area (Å²) >= 11 is 17.9. The highest BCUT2D eigenvalue weighted by atomic mass is 35.5.